The third-order valence-electron chi connectivity index (χ3n) is 3.51. The first kappa shape index (κ1) is 15.7. The molecule has 0 radical (unpaired) electrons. The Morgan fingerprint density at radius 3 is 3.00 bits per heavy atom. The van der Waals surface area contributed by atoms with Gasteiger partial charge in [0.15, 0.2) is 0 Å². The Balaban J connectivity index is 1.98. The SMILES string of the molecule is CS(=O)(=O)OC1CCOCC1c1cc2c(O)cc(Br)cn2n1. The zero-order valence-corrected chi connectivity index (χ0v) is 14.2. The van der Waals surface area contributed by atoms with Crippen LogP contribution in [0.4, 0.5) is 0 Å². The van der Waals surface area contributed by atoms with Gasteiger partial charge in [-0.15, -0.1) is 0 Å². The molecule has 1 aliphatic rings. The molecule has 0 aliphatic carbocycles. The van der Waals surface area contributed by atoms with E-state index in [4.69, 9.17) is 8.92 Å². The summed E-state index contributed by atoms with van der Waals surface area (Å²) in [7, 11) is -3.56. The molecule has 0 spiro atoms. The largest absolute Gasteiger partial charge is 0.506 e. The monoisotopic (exact) mass is 390 g/mol. The van der Waals surface area contributed by atoms with Crippen LogP contribution in [0.5, 0.6) is 5.75 Å². The number of hydrogen-bond donors (Lipinski definition) is 1. The minimum Gasteiger partial charge on any atom is -0.506 e. The standard InChI is InChI=1S/C13H15BrN2O5S/c1-22(18,19)21-13-2-3-20-7-9(13)10-5-11-12(17)4-8(14)6-16(11)15-10/h4-6,9,13,17H,2-3,7H2,1H3. The number of pyridine rings is 1. The minimum atomic E-state index is -3.56. The van der Waals surface area contributed by atoms with Crippen LogP contribution in [0.15, 0.2) is 22.8 Å². The normalized spacial score (nSPS) is 23.0. The molecule has 2 atom stereocenters. The highest BCUT2D eigenvalue weighted by Gasteiger charge is 2.32. The topological polar surface area (TPSA) is 90.1 Å². The summed E-state index contributed by atoms with van der Waals surface area (Å²) >= 11 is 3.29. The maximum atomic E-state index is 11.4. The van der Waals surface area contributed by atoms with Gasteiger partial charge in [-0.1, -0.05) is 0 Å². The van der Waals surface area contributed by atoms with Crippen LogP contribution >= 0.6 is 15.9 Å². The molecule has 0 bridgehead atoms. The summed E-state index contributed by atoms with van der Waals surface area (Å²) in [6, 6.07) is 3.29. The molecule has 0 amide bonds. The number of aromatic hydroxyl groups is 1. The molecule has 2 unspecified atom stereocenters. The highest BCUT2D eigenvalue weighted by Crippen LogP contribution is 2.31. The van der Waals surface area contributed by atoms with Gasteiger partial charge < -0.3 is 9.84 Å². The maximum absolute atomic E-state index is 11.4. The first-order chi connectivity index (χ1) is 10.3. The van der Waals surface area contributed by atoms with Crippen molar-refractivity contribution in [2.24, 2.45) is 0 Å². The van der Waals surface area contributed by atoms with Crippen molar-refractivity contribution in [1.29, 1.82) is 0 Å². The maximum Gasteiger partial charge on any atom is 0.264 e. The van der Waals surface area contributed by atoms with E-state index in [2.05, 4.69) is 21.0 Å². The van der Waals surface area contributed by atoms with Gasteiger partial charge in [0.1, 0.15) is 11.3 Å². The van der Waals surface area contributed by atoms with Crippen LogP contribution in [0.2, 0.25) is 0 Å². The average Bonchev–Trinajstić information content (AvgIpc) is 2.81. The zero-order chi connectivity index (χ0) is 15.9. The third-order valence-corrected chi connectivity index (χ3v) is 4.54. The second kappa shape index (κ2) is 5.80. The second-order valence-electron chi connectivity index (χ2n) is 5.25. The Kier molecular flexibility index (Phi) is 4.15. The summed E-state index contributed by atoms with van der Waals surface area (Å²) < 4.78 is 35.7. The van der Waals surface area contributed by atoms with Crippen LogP contribution < -0.4 is 0 Å². The molecular weight excluding hydrogens is 376 g/mol. The van der Waals surface area contributed by atoms with Crippen LogP contribution in [-0.4, -0.2) is 48.7 Å². The van der Waals surface area contributed by atoms with Gasteiger partial charge in [-0.25, -0.2) is 4.52 Å². The van der Waals surface area contributed by atoms with E-state index in [1.54, 1.807) is 22.8 Å². The van der Waals surface area contributed by atoms with Crippen molar-refractivity contribution in [1.82, 2.24) is 9.61 Å². The van der Waals surface area contributed by atoms with Crippen LogP contribution in [0.25, 0.3) is 5.52 Å². The van der Waals surface area contributed by atoms with Crippen molar-refractivity contribution < 1.29 is 22.4 Å². The fourth-order valence-electron chi connectivity index (χ4n) is 2.58. The Labute approximate surface area is 136 Å². The van der Waals surface area contributed by atoms with Crippen molar-refractivity contribution in [2.45, 2.75) is 18.4 Å². The summed E-state index contributed by atoms with van der Waals surface area (Å²) in [5.74, 6) is -0.216. The van der Waals surface area contributed by atoms with Crippen LogP contribution in [0, 0.1) is 0 Å². The average molecular weight is 391 g/mol. The molecule has 1 aliphatic heterocycles. The number of hydrogen-bond acceptors (Lipinski definition) is 6. The van der Waals surface area contributed by atoms with E-state index in [1.807, 2.05) is 0 Å². The molecule has 0 aromatic carbocycles. The fraction of sp³-hybridized carbons (Fsp3) is 0.462. The van der Waals surface area contributed by atoms with Gasteiger partial charge in [-0.05, 0) is 34.5 Å². The van der Waals surface area contributed by atoms with Crippen molar-refractivity contribution in [3.63, 3.8) is 0 Å². The van der Waals surface area contributed by atoms with Gasteiger partial charge in [0.2, 0.25) is 0 Å². The van der Waals surface area contributed by atoms with Gasteiger partial charge in [0.25, 0.3) is 10.1 Å². The van der Waals surface area contributed by atoms with E-state index < -0.39 is 16.2 Å². The van der Waals surface area contributed by atoms with E-state index in [9.17, 15) is 13.5 Å². The fourth-order valence-corrected chi connectivity index (χ4v) is 3.67. The molecular formula is C13H15BrN2O5S. The number of nitrogens with zero attached hydrogens (tertiary/aromatic N) is 2. The third kappa shape index (κ3) is 3.27. The molecule has 1 saturated heterocycles. The highest BCUT2D eigenvalue weighted by molar-refractivity contribution is 9.10. The lowest BCUT2D eigenvalue weighted by Gasteiger charge is -2.29. The van der Waals surface area contributed by atoms with Gasteiger partial charge in [0, 0.05) is 17.3 Å². The second-order valence-corrected chi connectivity index (χ2v) is 7.77. The number of fused-ring (bicyclic) bond motifs is 1. The van der Waals surface area contributed by atoms with Gasteiger partial charge in [-0.3, -0.25) is 4.18 Å². The van der Waals surface area contributed by atoms with E-state index in [0.29, 0.717) is 35.3 Å². The van der Waals surface area contributed by atoms with E-state index in [0.717, 1.165) is 6.26 Å². The molecule has 3 rings (SSSR count). The van der Waals surface area contributed by atoms with Gasteiger partial charge in [0.05, 0.1) is 30.6 Å². The molecule has 120 valence electrons. The molecule has 9 heteroatoms. The quantitative estimate of drug-likeness (QED) is 0.801. The zero-order valence-electron chi connectivity index (χ0n) is 11.8. The lowest BCUT2D eigenvalue weighted by atomic mass is 9.95. The lowest BCUT2D eigenvalue weighted by molar-refractivity contribution is 0.00773. The van der Waals surface area contributed by atoms with Crippen LogP contribution in [0.3, 0.4) is 0 Å². The van der Waals surface area contributed by atoms with Crippen molar-refractivity contribution in [3.8, 4) is 5.75 Å². The molecule has 2 aromatic rings. The summed E-state index contributed by atoms with van der Waals surface area (Å²) in [5, 5.41) is 14.4. The molecule has 7 nitrogen and oxygen atoms in total. The Hall–Kier alpha value is -1.16. The van der Waals surface area contributed by atoms with E-state index in [-0.39, 0.29) is 11.7 Å². The predicted molar refractivity (Wildman–Crippen MR) is 82.5 cm³/mol. The molecule has 1 N–H and O–H groups in total. The number of rotatable bonds is 3. The van der Waals surface area contributed by atoms with Gasteiger partial charge >= 0.3 is 0 Å². The summed E-state index contributed by atoms with van der Waals surface area (Å²) in [6.07, 6.45) is 2.71. The predicted octanol–water partition coefficient (Wildman–Crippen LogP) is 1.65. The first-order valence-corrected chi connectivity index (χ1v) is 9.28. The molecule has 0 saturated carbocycles. The smallest absolute Gasteiger partial charge is 0.264 e. The minimum absolute atomic E-state index is 0.0884. The van der Waals surface area contributed by atoms with Crippen molar-refractivity contribution in [3.05, 3.63) is 28.5 Å². The van der Waals surface area contributed by atoms with Crippen LogP contribution in [0.1, 0.15) is 18.0 Å². The van der Waals surface area contributed by atoms with E-state index >= 15 is 0 Å². The number of aromatic nitrogens is 2. The Morgan fingerprint density at radius 2 is 2.27 bits per heavy atom. The number of halogens is 1. The summed E-state index contributed by atoms with van der Waals surface area (Å²) in [6.45, 7) is 0.771. The van der Waals surface area contributed by atoms with Gasteiger partial charge in [-0.2, -0.15) is 13.5 Å². The molecule has 2 aromatic heterocycles. The summed E-state index contributed by atoms with van der Waals surface area (Å²) in [4.78, 5) is 0. The molecule has 22 heavy (non-hydrogen) atoms. The molecule has 1 fully saturated rings. The van der Waals surface area contributed by atoms with E-state index in [1.165, 1.54) is 0 Å². The highest BCUT2D eigenvalue weighted by atomic mass is 79.9. The summed E-state index contributed by atoms with van der Waals surface area (Å²) in [5.41, 5.74) is 1.17. The first-order valence-electron chi connectivity index (χ1n) is 6.67. The van der Waals surface area contributed by atoms with Crippen molar-refractivity contribution in [2.75, 3.05) is 19.5 Å². The molecule has 3 heterocycles. The van der Waals surface area contributed by atoms with Crippen LogP contribution in [-0.2, 0) is 19.0 Å². The number of ether oxygens (including phenoxy) is 1. The Bertz CT molecular complexity index is 804. The van der Waals surface area contributed by atoms with Crippen molar-refractivity contribution >= 4 is 31.6 Å². The Morgan fingerprint density at radius 1 is 1.50 bits per heavy atom. The lowest BCUT2D eigenvalue weighted by Crippen LogP contribution is -2.34.